The van der Waals surface area contributed by atoms with Crippen molar-refractivity contribution in [3.8, 4) is 0 Å². The highest BCUT2D eigenvalue weighted by Gasteiger charge is 2.40. The van der Waals surface area contributed by atoms with Crippen LogP contribution in [-0.2, 0) is 24.8 Å². The quantitative estimate of drug-likeness (QED) is 0.792. The lowest BCUT2D eigenvalue weighted by molar-refractivity contribution is -0.166. The molecule has 18 heavy (non-hydrogen) atoms. The number of halogens is 1. The molecule has 98 valence electrons. The zero-order valence-corrected chi connectivity index (χ0v) is 11.1. The van der Waals surface area contributed by atoms with Crippen LogP contribution in [0.1, 0.15) is 18.9 Å². The first-order valence-corrected chi connectivity index (χ1v) is 6.06. The van der Waals surface area contributed by atoms with Gasteiger partial charge in [0.25, 0.3) is 0 Å². The summed E-state index contributed by atoms with van der Waals surface area (Å²) in [6.07, 6.45) is -0.130. The molecule has 0 aliphatic carbocycles. The summed E-state index contributed by atoms with van der Waals surface area (Å²) in [7, 11) is 1.35. The standard InChI is InChI=1S/C13H15ClO4/c1-13(10-5-3-4-6-11(10)14)17-8-9(18-13)7-12(15)16-2/h3-6,9H,7-8H2,1-2H3. The van der Waals surface area contributed by atoms with Gasteiger partial charge in [-0.1, -0.05) is 29.8 Å². The number of benzene rings is 1. The molecule has 0 N–H and O–H groups in total. The first-order chi connectivity index (χ1) is 8.55. The molecule has 1 heterocycles. The van der Waals surface area contributed by atoms with Gasteiger partial charge in [0, 0.05) is 10.6 Å². The largest absolute Gasteiger partial charge is 0.469 e. The van der Waals surface area contributed by atoms with E-state index in [1.165, 1.54) is 7.11 Å². The van der Waals surface area contributed by atoms with Gasteiger partial charge in [-0.05, 0) is 13.0 Å². The third kappa shape index (κ3) is 2.66. The average molecular weight is 271 g/mol. The molecule has 1 aromatic carbocycles. The maximum Gasteiger partial charge on any atom is 0.308 e. The van der Waals surface area contributed by atoms with Gasteiger partial charge in [0.1, 0.15) is 0 Å². The molecule has 0 aromatic heterocycles. The SMILES string of the molecule is COC(=O)CC1COC(C)(c2ccccc2Cl)O1. The van der Waals surface area contributed by atoms with E-state index in [0.29, 0.717) is 11.6 Å². The Kier molecular flexibility index (Phi) is 3.90. The lowest BCUT2D eigenvalue weighted by Gasteiger charge is -2.24. The molecule has 0 radical (unpaired) electrons. The Morgan fingerprint density at radius 2 is 2.28 bits per heavy atom. The Balaban J connectivity index is 2.11. The molecule has 2 rings (SSSR count). The van der Waals surface area contributed by atoms with Gasteiger partial charge < -0.3 is 14.2 Å². The lowest BCUT2D eigenvalue weighted by Crippen LogP contribution is -2.25. The lowest BCUT2D eigenvalue weighted by atomic mass is 10.1. The molecule has 2 unspecified atom stereocenters. The van der Waals surface area contributed by atoms with Gasteiger partial charge in [0.2, 0.25) is 0 Å². The van der Waals surface area contributed by atoms with Crippen molar-refractivity contribution in [2.24, 2.45) is 0 Å². The normalized spacial score (nSPS) is 27.2. The summed E-state index contributed by atoms with van der Waals surface area (Å²) < 4.78 is 16.0. The molecule has 4 nitrogen and oxygen atoms in total. The summed E-state index contributed by atoms with van der Waals surface area (Å²) in [5.74, 6) is -1.22. The maximum atomic E-state index is 11.2. The van der Waals surface area contributed by atoms with Crippen LogP contribution in [0.4, 0.5) is 0 Å². The van der Waals surface area contributed by atoms with E-state index in [1.54, 1.807) is 13.0 Å². The van der Waals surface area contributed by atoms with E-state index in [0.717, 1.165) is 5.56 Å². The predicted molar refractivity (Wildman–Crippen MR) is 66.3 cm³/mol. The van der Waals surface area contributed by atoms with Crippen molar-refractivity contribution >= 4 is 17.6 Å². The number of carbonyl (C=O) groups excluding carboxylic acids is 1. The molecule has 1 fully saturated rings. The van der Waals surface area contributed by atoms with Gasteiger partial charge in [0.15, 0.2) is 5.79 Å². The average Bonchev–Trinajstić information content (AvgIpc) is 2.72. The van der Waals surface area contributed by atoms with Crippen LogP contribution in [0, 0.1) is 0 Å². The zero-order valence-electron chi connectivity index (χ0n) is 10.3. The second-order valence-corrected chi connectivity index (χ2v) is 4.66. The molecule has 5 heteroatoms. The van der Waals surface area contributed by atoms with E-state index in [-0.39, 0.29) is 18.5 Å². The molecule has 0 saturated carbocycles. The van der Waals surface area contributed by atoms with E-state index >= 15 is 0 Å². The fraction of sp³-hybridized carbons (Fsp3) is 0.462. The summed E-state index contributed by atoms with van der Waals surface area (Å²) in [5.41, 5.74) is 0.763. The van der Waals surface area contributed by atoms with Crippen molar-refractivity contribution < 1.29 is 19.0 Å². The molecular formula is C13H15ClO4. The topological polar surface area (TPSA) is 44.8 Å². The molecule has 1 aliphatic heterocycles. The van der Waals surface area contributed by atoms with Gasteiger partial charge in [0.05, 0.1) is 26.2 Å². The monoisotopic (exact) mass is 270 g/mol. The second-order valence-electron chi connectivity index (χ2n) is 4.26. The van der Waals surface area contributed by atoms with Crippen LogP contribution >= 0.6 is 11.6 Å². The van der Waals surface area contributed by atoms with E-state index < -0.39 is 5.79 Å². The Morgan fingerprint density at radius 3 is 2.94 bits per heavy atom. The Labute approximate surface area is 111 Å². The summed E-state index contributed by atoms with van der Waals surface area (Å²) in [6, 6.07) is 7.34. The minimum Gasteiger partial charge on any atom is -0.469 e. The van der Waals surface area contributed by atoms with Crippen molar-refractivity contribution in [1.82, 2.24) is 0 Å². The Bertz CT molecular complexity index is 448. The summed E-state index contributed by atoms with van der Waals surface area (Å²) in [5, 5.41) is 0.582. The van der Waals surface area contributed by atoms with Crippen molar-refractivity contribution in [1.29, 1.82) is 0 Å². The van der Waals surface area contributed by atoms with Crippen molar-refractivity contribution in [2.45, 2.75) is 25.2 Å². The fourth-order valence-electron chi connectivity index (χ4n) is 1.98. The molecule has 2 atom stereocenters. The number of esters is 1. The van der Waals surface area contributed by atoms with E-state index in [2.05, 4.69) is 4.74 Å². The Morgan fingerprint density at radius 1 is 1.56 bits per heavy atom. The second kappa shape index (κ2) is 5.26. The molecule has 1 aliphatic rings. The predicted octanol–water partition coefficient (Wildman–Crippen LogP) is 2.49. The van der Waals surface area contributed by atoms with Crippen LogP contribution in [0.2, 0.25) is 5.02 Å². The highest BCUT2D eigenvalue weighted by atomic mass is 35.5. The van der Waals surface area contributed by atoms with Gasteiger partial charge in [-0.3, -0.25) is 4.79 Å². The first kappa shape index (κ1) is 13.3. The summed E-state index contributed by atoms with van der Waals surface area (Å²) in [6.45, 7) is 2.14. The zero-order chi connectivity index (χ0) is 13.2. The molecular weight excluding hydrogens is 256 g/mol. The van der Waals surface area contributed by atoms with Crippen molar-refractivity contribution in [2.75, 3.05) is 13.7 Å². The van der Waals surface area contributed by atoms with Gasteiger partial charge in [-0.2, -0.15) is 0 Å². The molecule has 0 spiro atoms. The Hall–Kier alpha value is -1.10. The number of carbonyl (C=O) groups is 1. The van der Waals surface area contributed by atoms with Gasteiger partial charge in [-0.15, -0.1) is 0 Å². The number of hydrogen-bond donors (Lipinski definition) is 0. The maximum absolute atomic E-state index is 11.2. The third-order valence-electron chi connectivity index (χ3n) is 2.92. The summed E-state index contributed by atoms with van der Waals surface area (Å²) >= 11 is 6.12. The van der Waals surface area contributed by atoms with E-state index in [1.807, 2.05) is 18.2 Å². The van der Waals surface area contributed by atoms with E-state index in [9.17, 15) is 4.79 Å². The number of ether oxygens (including phenoxy) is 3. The minimum absolute atomic E-state index is 0.177. The van der Waals surface area contributed by atoms with Crippen LogP contribution in [0.3, 0.4) is 0 Å². The summed E-state index contributed by atoms with van der Waals surface area (Å²) in [4.78, 5) is 11.2. The van der Waals surface area contributed by atoms with Crippen molar-refractivity contribution in [3.63, 3.8) is 0 Å². The van der Waals surface area contributed by atoms with E-state index in [4.69, 9.17) is 21.1 Å². The molecule has 1 saturated heterocycles. The fourth-order valence-corrected chi connectivity index (χ4v) is 2.29. The molecule has 0 bridgehead atoms. The van der Waals surface area contributed by atoms with Crippen LogP contribution in [0.25, 0.3) is 0 Å². The highest BCUT2D eigenvalue weighted by molar-refractivity contribution is 6.31. The number of methoxy groups -OCH3 is 1. The van der Waals surface area contributed by atoms with Gasteiger partial charge in [-0.25, -0.2) is 0 Å². The van der Waals surface area contributed by atoms with Crippen LogP contribution < -0.4 is 0 Å². The van der Waals surface area contributed by atoms with Crippen LogP contribution in [0.5, 0.6) is 0 Å². The molecule has 0 amide bonds. The minimum atomic E-state index is -0.906. The number of rotatable bonds is 3. The number of hydrogen-bond acceptors (Lipinski definition) is 4. The third-order valence-corrected chi connectivity index (χ3v) is 3.25. The van der Waals surface area contributed by atoms with Crippen LogP contribution in [0.15, 0.2) is 24.3 Å². The highest BCUT2D eigenvalue weighted by Crippen LogP contribution is 2.38. The van der Waals surface area contributed by atoms with Gasteiger partial charge >= 0.3 is 5.97 Å². The first-order valence-electron chi connectivity index (χ1n) is 5.69. The smallest absolute Gasteiger partial charge is 0.308 e. The molecule has 1 aromatic rings. The van der Waals surface area contributed by atoms with Crippen molar-refractivity contribution in [3.05, 3.63) is 34.9 Å². The van der Waals surface area contributed by atoms with Crippen LogP contribution in [-0.4, -0.2) is 25.8 Å².